The Morgan fingerprint density at radius 3 is 2.34 bits per heavy atom. The molecule has 0 unspecified atom stereocenters. The molecule has 0 radical (unpaired) electrons. The Labute approximate surface area is 197 Å². The fourth-order valence-corrected chi connectivity index (χ4v) is 4.49. The van der Waals surface area contributed by atoms with E-state index in [0.29, 0.717) is 33.3 Å². The van der Waals surface area contributed by atoms with Gasteiger partial charge >= 0.3 is 0 Å². The van der Waals surface area contributed by atoms with Crippen LogP contribution in [0.1, 0.15) is 25.8 Å². The molecular weight excluding hydrogens is 466 g/mol. The number of nitrogens with two attached hydrogens (primary N) is 1. The van der Waals surface area contributed by atoms with E-state index in [0.717, 1.165) is 17.7 Å². The highest BCUT2D eigenvalue weighted by Gasteiger charge is 2.17. The second-order valence-corrected chi connectivity index (χ2v) is 10.5. The number of benzene rings is 2. The van der Waals surface area contributed by atoms with E-state index in [2.05, 4.69) is 35.2 Å². The summed E-state index contributed by atoms with van der Waals surface area (Å²) in [5.74, 6) is 1.72. The first kappa shape index (κ1) is 24.0. The van der Waals surface area contributed by atoms with E-state index >= 15 is 0 Å². The van der Waals surface area contributed by atoms with Crippen LogP contribution >= 0.6 is 23.4 Å². The molecule has 166 valence electrons. The molecule has 3 rings (SSSR count). The van der Waals surface area contributed by atoms with E-state index in [1.165, 1.54) is 23.9 Å². The van der Waals surface area contributed by atoms with Crippen LogP contribution in [0.3, 0.4) is 0 Å². The number of aromatic nitrogens is 2. The van der Waals surface area contributed by atoms with Crippen LogP contribution in [0.4, 0.5) is 11.5 Å². The predicted molar refractivity (Wildman–Crippen MR) is 128 cm³/mol. The fourth-order valence-electron chi connectivity index (χ4n) is 2.77. The number of nitrogens with zero attached hydrogens (tertiary/aromatic N) is 3. The van der Waals surface area contributed by atoms with Crippen molar-refractivity contribution in [1.82, 2.24) is 9.97 Å². The van der Waals surface area contributed by atoms with Gasteiger partial charge in [0.05, 0.1) is 10.6 Å². The number of hydrogen-bond acceptors (Lipinski definition) is 7. The molecule has 0 bridgehead atoms. The number of primary sulfonamides is 1. The SMILES string of the molecule is CC(C)CCSc1nc(Nc2ccc(S(N)(=O)=O)cc2)c(C#N)c(-c2ccc(Cl)cc2)n1. The second kappa shape index (κ2) is 10.3. The Hall–Kier alpha value is -2.64. The highest BCUT2D eigenvalue weighted by atomic mass is 35.5. The molecule has 0 fully saturated rings. The number of sulfonamides is 1. The highest BCUT2D eigenvalue weighted by Crippen LogP contribution is 2.31. The number of anilines is 2. The number of hydrogen-bond donors (Lipinski definition) is 2. The molecule has 7 nitrogen and oxygen atoms in total. The Balaban J connectivity index is 2.03. The molecule has 0 aliphatic carbocycles. The Morgan fingerprint density at radius 2 is 1.78 bits per heavy atom. The summed E-state index contributed by atoms with van der Waals surface area (Å²) in [5, 5.41) is 19.3. The third-order valence-electron chi connectivity index (χ3n) is 4.49. The number of thioether (sulfide) groups is 1. The third-order valence-corrected chi connectivity index (χ3v) is 6.55. The lowest BCUT2D eigenvalue weighted by Crippen LogP contribution is -2.12. The molecule has 3 aromatic rings. The van der Waals surface area contributed by atoms with E-state index in [1.54, 1.807) is 36.4 Å². The molecule has 1 heterocycles. The van der Waals surface area contributed by atoms with Gasteiger partial charge in [0.1, 0.15) is 11.6 Å². The molecular formula is C22H22ClN5O2S2. The monoisotopic (exact) mass is 487 g/mol. The largest absolute Gasteiger partial charge is 0.339 e. The third kappa shape index (κ3) is 6.20. The van der Waals surface area contributed by atoms with E-state index in [9.17, 15) is 13.7 Å². The van der Waals surface area contributed by atoms with Crippen molar-refractivity contribution in [3.63, 3.8) is 0 Å². The zero-order valence-corrected chi connectivity index (χ0v) is 19.9. The maximum absolute atomic E-state index is 11.5. The van der Waals surface area contributed by atoms with Crippen molar-refractivity contribution in [2.75, 3.05) is 11.1 Å². The maximum Gasteiger partial charge on any atom is 0.238 e. The van der Waals surface area contributed by atoms with E-state index in [1.807, 2.05) is 0 Å². The van der Waals surface area contributed by atoms with Crippen molar-refractivity contribution in [2.45, 2.75) is 30.3 Å². The normalized spacial score (nSPS) is 11.4. The molecule has 10 heteroatoms. The van der Waals surface area contributed by atoms with Crippen molar-refractivity contribution in [2.24, 2.45) is 11.1 Å². The van der Waals surface area contributed by atoms with E-state index in [4.69, 9.17) is 16.7 Å². The van der Waals surface area contributed by atoms with E-state index < -0.39 is 10.0 Å². The summed E-state index contributed by atoms with van der Waals surface area (Å²) < 4.78 is 23.0. The maximum atomic E-state index is 11.5. The van der Waals surface area contributed by atoms with Crippen molar-refractivity contribution >= 4 is 44.9 Å². The topological polar surface area (TPSA) is 122 Å². The summed E-state index contributed by atoms with van der Waals surface area (Å²) in [4.78, 5) is 9.20. The molecule has 1 aromatic heterocycles. The smallest absolute Gasteiger partial charge is 0.238 e. The van der Waals surface area contributed by atoms with Gasteiger partial charge in [-0.05, 0) is 48.7 Å². The minimum atomic E-state index is -3.80. The summed E-state index contributed by atoms with van der Waals surface area (Å²) in [6.07, 6.45) is 1.00. The van der Waals surface area contributed by atoms with Crippen LogP contribution in [0.5, 0.6) is 0 Å². The molecule has 0 saturated heterocycles. The molecule has 0 spiro atoms. The molecule has 2 aromatic carbocycles. The molecule has 32 heavy (non-hydrogen) atoms. The molecule has 0 saturated carbocycles. The van der Waals surface area contributed by atoms with Gasteiger partial charge in [-0.2, -0.15) is 5.26 Å². The number of nitriles is 1. The minimum absolute atomic E-state index is 0.00183. The fraction of sp³-hybridized carbons (Fsp3) is 0.227. The van der Waals surface area contributed by atoms with Gasteiger partial charge in [-0.15, -0.1) is 0 Å². The van der Waals surface area contributed by atoms with E-state index in [-0.39, 0.29) is 10.5 Å². The quantitative estimate of drug-likeness (QED) is 0.330. The lowest BCUT2D eigenvalue weighted by molar-refractivity contribution is 0.598. The van der Waals surface area contributed by atoms with Crippen molar-refractivity contribution in [3.8, 4) is 17.3 Å². The van der Waals surface area contributed by atoms with Gasteiger partial charge in [0.15, 0.2) is 11.0 Å². The number of nitrogens with one attached hydrogen (secondary N) is 1. The summed E-state index contributed by atoms with van der Waals surface area (Å²) in [6.45, 7) is 4.30. The summed E-state index contributed by atoms with van der Waals surface area (Å²) >= 11 is 7.54. The first-order chi connectivity index (χ1) is 15.2. The zero-order valence-electron chi connectivity index (χ0n) is 17.5. The first-order valence-corrected chi connectivity index (χ1v) is 12.7. The minimum Gasteiger partial charge on any atom is -0.339 e. The summed E-state index contributed by atoms with van der Waals surface area (Å²) in [7, 11) is -3.80. The van der Waals surface area contributed by atoms with Gasteiger partial charge in [-0.25, -0.2) is 23.5 Å². The van der Waals surface area contributed by atoms with Gasteiger partial charge in [0.2, 0.25) is 10.0 Å². The average molecular weight is 488 g/mol. The zero-order chi connectivity index (χ0) is 23.3. The van der Waals surface area contributed by atoms with Crippen LogP contribution in [0.2, 0.25) is 5.02 Å². The Kier molecular flexibility index (Phi) is 7.74. The van der Waals surface area contributed by atoms with Gasteiger partial charge in [0, 0.05) is 22.0 Å². The Bertz CT molecular complexity index is 1240. The van der Waals surface area contributed by atoms with Gasteiger partial charge < -0.3 is 5.32 Å². The predicted octanol–water partition coefficient (Wildman–Crippen LogP) is 5.20. The van der Waals surface area contributed by atoms with Crippen LogP contribution < -0.4 is 10.5 Å². The molecule has 0 amide bonds. The summed E-state index contributed by atoms with van der Waals surface area (Å²) in [6, 6.07) is 15.2. The van der Waals surface area contributed by atoms with Crippen LogP contribution in [0, 0.1) is 17.2 Å². The van der Waals surface area contributed by atoms with Gasteiger partial charge in [-0.1, -0.05) is 49.3 Å². The van der Waals surface area contributed by atoms with Crippen LogP contribution in [0.25, 0.3) is 11.3 Å². The van der Waals surface area contributed by atoms with Gasteiger partial charge in [-0.3, -0.25) is 0 Å². The average Bonchev–Trinajstić information content (AvgIpc) is 2.73. The van der Waals surface area contributed by atoms with Crippen LogP contribution in [-0.4, -0.2) is 24.1 Å². The number of halogens is 1. The first-order valence-electron chi connectivity index (χ1n) is 9.78. The lowest BCUT2D eigenvalue weighted by atomic mass is 10.1. The Morgan fingerprint density at radius 1 is 1.12 bits per heavy atom. The summed E-state index contributed by atoms with van der Waals surface area (Å²) in [5.41, 5.74) is 2.07. The van der Waals surface area contributed by atoms with Crippen LogP contribution in [0.15, 0.2) is 58.6 Å². The van der Waals surface area contributed by atoms with Crippen molar-refractivity contribution in [1.29, 1.82) is 5.26 Å². The standard InChI is InChI=1S/C22H22ClN5O2S2/c1-14(2)11-12-31-22-27-20(15-3-5-16(23)6-4-15)19(13-24)21(28-22)26-17-7-9-18(10-8-17)32(25,29)30/h3-10,14H,11-12H2,1-2H3,(H2,25,29,30)(H,26,27,28). The number of rotatable bonds is 8. The molecule has 0 aliphatic rings. The van der Waals surface area contributed by atoms with Crippen LogP contribution in [-0.2, 0) is 10.0 Å². The highest BCUT2D eigenvalue weighted by molar-refractivity contribution is 7.99. The molecule has 0 aliphatic heterocycles. The lowest BCUT2D eigenvalue weighted by Gasteiger charge is -2.13. The van der Waals surface area contributed by atoms with Gasteiger partial charge in [0.25, 0.3) is 0 Å². The van der Waals surface area contributed by atoms with Crippen molar-refractivity contribution in [3.05, 3.63) is 59.1 Å². The molecule has 3 N–H and O–H groups in total. The van der Waals surface area contributed by atoms with Crippen molar-refractivity contribution < 1.29 is 8.42 Å². The second-order valence-electron chi connectivity index (χ2n) is 7.42. The molecule has 0 atom stereocenters.